The summed E-state index contributed by atoms with van der Waals surface area (Å²) in [7, 11) is -3.18. The fraction of sp³-hybridized carbons (Fsp3) is 0.800. The van der Waals surface area contributed by atoms with Crippen LogP contribution in [0.5, 0.6) is 0 Å². The Kier molecular flexibility index (Phi) is 3.78. The van der Waals surface area contributed by atoms with E-state index >= 15 is 0 Å². The lowest BCUT2D eigenvalue weighted by atomic mass is 9.96. The summed E-state index contributed by atoms with van der Waals surface area (Å²) >= 11 is 0. The second-order valence-corrected chi connectivity index (χ2v) is 6.34. The minimum absolute atomic E-state index is 0.218. The second kappa shape index (κ2) is 5.14. The molecule has 0 saturated heterocycles. The van der Waals surface area contributed by atoms with Gasteiger partial charge in [0.05, 0.1) is 18.8 Å². The Morgan fingerprint density at radius 2 is 2.12 bits per heavy atom. The zero-order valence-electron chi connectivity index (χ0n) is 9.96. The molecule has 2 rings (SSSR count). The Morgan fingerprint density at radius 3 is 2.76 bits per heavy atom. The van der Waals surface area contributed by atoms with Crippen LogP contribution in [0.4, 0.5) is 0 Å². The van der Waals surface area contributed by atoms with Crippen LogP contribution in [0.2, 0.25) is 0 Å². The molecular weight excluding hydrogens is 240 g/mol. The molecule has 1 aliphatic carbocycles. The number of sulfonamides is 1. The number of nitrogens with zero attached hydrogens (tertiary/aromatic N) is 3. The van der Waals surface area contributed by atoms with Gasteiger partial charge in [-0.25, -0.2) is 22.8 Å². The van der Waals surface area contributed by atoms with Gasteiger partial charge in [0.15, 0.2) is 0 Å². The summed E-state index contributed by atoms with van der Waals surface area (Å²) in [6.07, 6.45) is 8.56. The lowest BCUT2D eigenvalue weighted by Gasteiger charge is -2.23. The molecule has 0 radical (unpaired) electrons. The molecule has 0 spiro atoms. The van der Waals surface area contributed by atoms with Crippen molar-refractivity contribution in [2.75, 3.05) is 6.26 Å². The quantitative estimate of drug-likeness (QED) is 0.868. The van der Waals surface area contributed by atoms with E-state index in [1.807, 2.05) is 4.68 Å². The first-order chi connectivity index (χ1) is 8.06. The molecule has 17 heavy (non-hydrogen) atoms. The number of hydrogen-bond donors (Lipinski definition) is 1. The van der Waals surface area contributed by atoms with Crippen LogP contribution in [-0.4, -0.2) is 29.4 Å². The summed E-state index contributed by atoms with van der Waals surface area (Å²) < 4.78 is 26.4. The monoisotopic (exact) mass is 258 g/mol. The van der Waals surface area contributed by atoms with Crippen molar-refractivity contribution in [2.45, 2.75) is 44.7 Å². The summed E-state index contributed by atoms with van der Waals surface area (Å²) in [5, 5.41) is 4.21. The van der Waals surface area contributed by atoms with Crippen LogP contribution in [-0.2, 0) is 16.6 Å². The van der Waals surface area contributed by atoms with Crippen molar-refractivity contribution in [3.05, 3.63) is 12.2 Å². The van der Waals surface area contributed by atoms with E-state index in [4.69, 9.17) is 0 Å². The summed E-state index contributed by atoms with van der Waals surface area (Å²) in [6, 6.07) is 0.377. The van der Waals surface area contributed by atoms with E-state index in [2.05, 4.69) is 14.8 Å². The molecule has 1 aromatic rings. The molecule has 1 aliphatic rings. The molecule has 0 amide bonds. The molecule has 1 aromatic heterocycles. The van der Waals surface area contributed by atoms with Crippen LogP contribution >= 0.6 is 0 Å². The third-order valence-electron chi connectivity index (χ3n) is 3.06. The molecule has 0 unspecified atom stereocenters. The van der Waals surface area contributed by atoms with E-state index in [0.717, 1.165) is 19.1 Å². The highest BCUT2D eigenvalue weighted by Crippen LogP contribution is 2.27. The molecule has 1 saturated carbocycles. The Hall–Kier alpha value is -0.950. The molecule has 0 atom stereocenters. The normalized spacial score (nSPS) is 18.4. The summed E-state index contributed by atoms with van der Waals surface area (Å²) in [5.74, 6) is 0.697. The zero-order chi connectivity index (χ0) is 12.3. The fourth-order valence-electron chi connectivity index (χ4n) is 2.23. The first-order valence-electron chi connectivity index (χ1n) is 5.89. The van der Waals surface area contributed by atoms with Gasteiger partial charge in [0.2, 0.25) is 10.0 Å². The van der Waals surface area contributed by atoms with Crippen molar-refractivity contribution in [3.8, 4) is 0 Å². The second-order valence-electron chi connectivity index (χ2n) is 4.51. The van der Waals surface area contributed by atoms with Crippen molar-refractivity contribution in [1.29, 1.82) is 0 Å². The van der Waals surface area contributed by atoms with Crippen molar-refractivity contribution < 1.29 is 8.42 Å². The predicted octanol–water partition coefficient (Wildman–Crippen LogP) is 0.832. The average Bonchev–Trinajstić information content (AvgIpc) is 2.75. The van der Waals surface area contributed by atoms with Gasteiger partial charge < -0.3 is 0 Å². The topological polar surface area (TPSA) is 76.9 Å². The maximum absolute atomic E-state index is 11.0. The van der Waals surface area contributed by atoms with Gasteiger partial charge in [-0.3, -0.25) is 0 Å². The highest BCUT2D eigenvalue weighted by atomic mass is 32.2. The highest BCUT2D eigenvalue weighted by molar-refractivity contribution is 7.88. The Bertz CT molecular complexity index is 462. The standard InChI is InChI=1S/C10H18N4O2S/c1-17(15,16)13-7-10-11-8-12-14(10)9-5-3-2-4-6-9/h8-9,13H,2-7H2,1H3. The van der Waals surface area contributed by atoms with Crippen LogP contribution < -0.4 is 4.72 Å². The highest BCUT2D eigenvalue weighted by Gasteiger charge is 2.19. The van der Waals surface area contributed by atoms with Crippen molar-refractivity contribution in [2.24, 2.45) is 0 Å². The maximum Gasteiger partial charge on any atom is 0.209 e. The number of rotatable bonds is 4. The van der Waals surface area contributed by atoms with Gasteiger partial charge in [-0.15, -0.1) is 0 Å². The molecule has 1 heterocycles. The first kappa shape index (κ1) is 12.5. The predicted molar refractivity (Wildman–Crippen MR) is 63.8 cm³/mol. The Balaban J connectivity index is 2.05. The lowest BCUT2D eigenvalue weighted by molar-refractivity contribution is 0.320. The van der Waals surface area contributed by atoms with Crippen LogP contribution in [0.1, 0.15) is 44.0 Å². The molecule has 0 bridgehead atoms. The number of hydrogen-bond acceptors (Lipinski definition) is 4. The number of nitrogens with one attached hydrogen (secondary N) is 1. The van der Waals surface area contributed by atoms with E-state index in [-0.39, 0.29) is 6.54 Å². The van der Waals surface area contributed by atoms with Gasteiger partial charge in [0.25, 0.3) is 0 Å². The third-order valence-corrected chi connectivity index (χ3v) is 3.73. The van der Waals surface area contributed by atoms with Crippen LogP contribution in [0.15, 0.2) is 6.33 Å². The Labute approximate surface area is 101 Å². The minimum Gasteiger partial charge on any atom is -0.246 e. The van der Waals surface area contributed by atoms with Gasteiger partial charge in [-0.2, -0.15) is 5.10 Å². The van der Waals surface area contributed by atoms with Crippen LogP contribution in [0.25, 0.3) is 0 Å². The largest absolute Gasteiger partial charge is 0.246 e. The molecule has 96 valence electrons. The van der Waals surface area contributed by atoms with E-state index in [0.29, 0.717) is 11.9 Å². The van der Waals surface area contributed by atoms with Crippen molar-refractivity contribution in [1.82, 2.24) is 19.5 Å². The summed E-state index contributed by atoms with van der Waals surface area (Å²) in [5.41, 5.74) is 0. The molecular formula is C10H18N4O2S. The summed E-state index contributed by atoms with van der Waals surface area (Å²) in [4.78, 5) is 4.12. The lowest BCUT2D eigenvalue weighted by Crippen LogP contribution is -2.25. The molecule has 1 fully saturated rings. The smallest absolute Gasteiger partial charge is 0.209 e. The molecule has 7 heteroatoms. The first-order valence-corrected chi connectivity index (χ1v) is 7.78. The summed E-state index contributed by atoms with van der Waals surface area (Å²) in [6.45, 7) is 0.218. The van der Waals surface area contributed by atoms with Crippen LogP contribution in [0.3, 0.4) is 0 Å². The van der Waals surface area contributed by atoms with E-state index in [1.54, 1.807) is 0 Å². The molecule has 1 N–H and O–H groups in total. The molecule has 0 aromatic carbocycles. The fourth-order valence-corrected chi connectivity index (χ4v) is 2.62. The van der Waals surface area contributed by atoms with Gasteiger partial charge in [0.1, 0.15) is 12.2 Å². The maximum atomic E-state index is 11.0. The third kappa shape index (κ3) is 3.50. The van der Waals surface area contributed by atoms with Gasteiger partial charge in [0, 0.05) is 0 Å². The zero-order valence-corrected chi connectivity index (χ0v) is 10.8. The van der Waals surface area contributed by atoms with Gasteiger partial charge in [-0.1, -0.05) is 19.3 Å². The minimum atomic E-state index is -3.18. The van der Waals surface area contributed by atoms with Gasteiger partial charge >= 0.3 is 0 Å². The molecule has 0 aliphatic heterocycles. The van der Waals surface area contributed by atoms with Crippen LogP contribution in [0, 0.1) is 0 Å². The van der Waals surface area contributed by atoms with E-state index in [1.165, 1.54) is 25.6 Å². The average molecular weight is 258 g/mol. The Morgan fingerprint density at radius 1 is 1.41 bits per heavy atom. The van der Waals surface area contributed by atoms with E-state index < -0.39 is 10.0 Å². The molecule has 6 nitrogen and oxygen atoms in total. The van der Waals surface area contributed by atoms with Gasteiger partial charge in [-0.05, 0) is 12.8 Å². The van der Waals surface area contributed by atoms with E-state index in [9.17, 15) is 8.42 Å². The SMILES string of the molecule is CS(=O)(=O)NCc1ncnn1C1CCCCC1. The number of aromatic nitrogens is 3. The van der Waals surface area contributed by atoms with Crippen molar-refractivity contribution >= 4 is 10.0 Å². The van der Waals surface area contributed by atoms with Crippen molar-refractivity contribution in [3.63, 3.8) is 0 Å².